The molecule has 80 valence electrons. The zero-order valence-electron chi connectivity index (χ0n) is 9.45. The van der Waals surface area contributed by atoms with E-state index in [-0.39, 0.29) is 0 Å². The Morgan fingerprint density at radius 3 is 2.93 bits per heavy atom. The number of likely N-dealkylation sites (N-methyl/N-ethyl adjacent to an activating group) is 1. The van der Waals surface area contributed by atoms with Crippen LogP contribution < -0.4 is 4.74 Å². The van der Waals surface area contributed by atoms with Crippen molar-refractivity contribution in [1.29, 1.82) is 0 Å². The monoisotopic (exact) mass is 204 g/mol. The molecule has 0 N–H and O–H groups in total. The van der Waals surface area contributed by atoms with E-state index in [4.69, 9.17) is 4.74 Å². The lowest BCUT2D eigenvalue weighted by molar-refractivity contribution is 0.294. The fourth-order valence-electron chi connectivity index (χ4n) is 1.84. The number of hydrogen-bond donors (Lipinski definition) is 0. The molecule has 1 aliphatic rings. The van der Waals surface area contributed by atoms with Gasteiger partial charge in [-0.05, 0) is 19.1 Å². The Bertz CT molecular complexity index is 399. The fraction of sp³-hybridized carbons (Fsp3) is 0.417. The summed E-state index contributed by atoms with van der Waals surface area (Å²) in [6.45, 7) is 3.67. The number of rotatable bonds is 0. The van der Waals surface area contributed by atoms with Crippen LogP contribution in [0.5, 0.6) is 5.75 Å². The third kappa shape index (κ3) is 1.82. The van der Waals surface area contributed by atoms with Gasteiger partial charge in [0.15, 0.2) is 0 Å². The number of benzene rings is 1. The SMILES string of the molecule is CN=C1c2cc(C)ccc2OCCN1C. The number of aryl methyl sites for hydroxylation is 1. The van der Waals surface area contributed by atoms with Gasteiger partial charge in [0.25, 0.3) is 0 Å². The van der Waals surface area contributed by atoms with E-state index in [2.05, 4.69) is 28.9 Å². The largest absolute Gasteiger partial charge is 0.491 e. The second-order valence-corrected chi connectivity index (χ2v) is 3.82. The molecule has 0 saturated heterocycles. The van der Waals surface area contributed by atoms with Crippen LogP contribution in [0.4, 0.5) is 0 Å². The van der Waals surface area contributed by atoms with Crippen molar-refractivity contribution in [1.82, 2.24) is 4.90 Å². The third-order valence-electron chi connectivity index (χ3n) is 2.63. The molecule has 1 aromatic rings. The van der Waals surface area contributed by atoms with Crippen LogP contribution in [-0.4, -0.2) is 38.0 Å². The van der Waals surface area contributed by atoms with Crippen molar-refractivity contribution in [2.24, 2.45) is 4.99 Å². The second-order valence-electron chi connectivity index (χ2n) is 3.82. The molecule has 0 unspecified atom stereocenters. The summed E-state index contributed by atoms with van der Waals surface area (Å²) in [6, 6.07) is 6.21. The van der Waals surface area contributed by atoms with Gasteiger partial charge in [0.1, 0.15) is 18.2 Å². The van der Waals surface area contributed by atoms with E-state index in [1.807, 2.05) is 20.2 Å². The molecule has 0 spiro atoms. The molecule has 0 radical (unpaired) electrons. The standard InChI is InChI=1S/C12H16N2O/c1-9-4-5-11-10(8-9)12(13-2)14(3)6-7-15-11/h4-5,8H,6-7H2,1-3H3. The molecule has 0 atom stereocenters. The van der Waals surface area contributed by atoms with Gasteiger partial charge in [-0.2, -0.15) is 0 Å². The van der Waals surface area contributed by atoms with Crippen molar-refractivity contribution in [3.63, 3.8) is 0 Å². The Balaban J connectivity index is 2.54. The summed E-state index contributed by atoms with van der Waals surface area (Å²) in [5, 5.41) is 0. The topological polar surface area (TPSA) is 24.8 Å². The van der Waals surface area contributed by atoms with Gasteiger partial charge in [0.2, 0.25) is 0 Å². The maximum absolute atomic E-state index is 5.68. The predicted molar refractivity (Wildman–Crippen MR) is 61.8 cm³/mol. The summed E-state index contributed by atoms with van der Waals surface area (Å²) in [5.74, 6) is 1.94. The van der Waals surface area contributed by atoms with E-state index in [1.165, 1.54) is 5.56 Å². The van der Waals surface area contributed by atoms with Crippen LogP contribution in [-0.2, 0) is 0 Å². The normalized spacial score (nSPS) is 18.3. The van der Waals surface area contributed by atoms with Crippen LogP contribution in [0.25, 0.3) is 0 Å². The summed E-state index contributed by atoms with van der Waals surface area (Å²) >= 11 is 0. The van der Waals surface area contributed by atoms with E-state index < -0.39 is 0 Å². The molecular weight excluding hydrogens is 188 g/mol. The maximum Gasteiger partial charge on any atom is 0.134 e. The molecule has 2 rings (SSSR count). The van der Waals surface area contributed by atoms with Gasteiger partial charge in [-0.25, -0.2) is 0 Å². The average molecular weight is 204 g/mol. The molecule has 0 saturated carbocycles. The van der Waals surface area contributed by atoms with E-state index in [1.54, 1.807) is 0 Å². The van der Waals surface area contributed by atoms with Gasteiger partial charge < -0.3 is 9.64 Å². The Morgan fingerprint density at radius 1 is 1.40 bits per heavy atom. The lowest BCUT2D eigenvalue weighted by Crippen LogP contribution is -2.28. The molecule has 15 heavy (non-hydrogen) atoms. The molecule has 0 aromatic heterocycles. The third-order valence-corrected chi connectivity index (χ3v) is 2.63. The van der Waals surface area contributed by atoms with Crippen molar-refractivity contribution < 1.29 is 4.74 Å². The first-order valence-electron chi connectivity index (χ1n) is 5.14. The zero-order valence-corrected chi connectivity index (χ0v) is 9.45. The number of fused-ring (bicyclic) bond motifs is 1. The van der Waals surface area contributed by atoms with Crippen LogP contribution in [0.2, 0.25) is 0 Å². The Kier molecular flexibility index (Phi) is 2.62. The Labute approximate surface area is 90.4 Å². The Morgan fingerprint density at radius 2 is 2.20 bits per heavy atom. The summed E-state index contributed by atoms with van der Waals surface area (Å²) in [7, 11) is 3.87. The minimum atomic E-state index is 0.714. The minimum absolute atomic E-state index is 0.714. The summed E-state index contributed by atoms with van der Waals surface area (Å²) in [5.41, 5.74) is 2.33. The molecule has 0 aliphatic carbocycles. The van der Waals surface area contributed by atoms with Gasteiger partial charge in [-0.1, -0.05) is 11.6 Å². The van der Waals surface area contributed by atoms with E-state index >= 15 is 0 Å². The van der Waals surface area contributed by atoms with Gasteiger partial charge in [0, 0.05) is 14.1 Å². The van der Waals surface area contributed by atoms with Crippen LogP contribution in [0, 0.1) is 6.92 Å². The van der Waals surface area contributed by atoms with Crippen molar-refractivity contribution in [2.75, 3.05) is 27.2 Å². The number of ether oxygens (including phenoxy) is 1. The highest BCUT2D eigenvalue weighted by Gasteiger charge is 2.18. The molecule has 0 fully saturated rings. The van der Waals surface area contributed by atoms with Crippen molar-refractivity contribution in [3.8, 4) is 5.75 Å². The van der Waals surface area contributed by atoms with Gasteiger partial charge in [-0.3, -0.25) is 4.99 Å². The van der Waals surface area contributed by atoms with E-state index in [9.17, 15) is 0 Å². The van der Waals surface area contributed by atoms with Crippen LogP contribution in [0.1, 0.15) is 11.1 Å². The zero-order chi connectivity index (χ0) is 10.8. The quantitative estimate of drug-likeness (QED) is 0.642. The first-order chi connectivity index (χ1) is 7.22. The van der Waals surface area contributed by atoms with Crippen LogP contribution in [0.15, 0.2) is 23.2 Å². The van der Waals surface area contributed by atoms with Crippen LogP contribution in [0.3, 0.4) is 0 Å². The highest BCUT2D eigenvalue weighted by molar-refractivity contribution is 6.01. The molecule has 0 bridgehead atoms. The first-order valence-corrected chi connectivity index (χ1v) is 5.14. The number of aliphatic imine (C=N–C) groups is 1. The first kappa shape index (κ1) is 10.0. The lowest BCUT2D eigenvalue weighted by atomic mass is 10.1. The summed E-state index contributed by atoms with van der Waals surface area (Å²) in [4.78, 5) is 6.46. The molecular formula is C12H16N2O. The molecule has 1 aliphatic heterocycles. The lowest BCUT2D eigenvalue weighted by Gasteiger charge is -2.17. The van der Waals surface area contributed by atoms with Gasteiger partial charge in [0.05, 0.1) is 12.1 Å². The average Bonchev–Trinajstić information content (AvgIpc) is 2.36. The second kappa shape index (κ2) is 3.93. The number of hydrogen-bond acceptors (Lipinski definition) is 2. The molecule has 0 amide bonds. The van der Waals surface area contributed by atoms with E-state index in [0.717, 1.165) is 23.7 Å². The van der Waals surface area contributed by atoms with Gasteiger partial charge in [-0.15, -0.1) is 0 Å². The molecule has 1 aromatic carbocycles. The smallest absolute Gasteiger partial charge is 0.134 e. The minimum Gasteiger partial charge on any atom is -0.491 e. The molecule has 3 heteroatoms. The molecule has 1 heterocycles. The Hall–Kier alpha value is -1.51. The molecule has 3 nitrogen and oxygen atoms in total. The summed E-state index contributed by atoms with van der Waals surface area (Å²) < 4.78 is 5.68. The van der Waals surface area contributed by atoms with Crippen molar-refractivity contribution in [2.45, 2.75) is 6.92 Å². The van der Waals surface area contributed by atoms with Crippen molar-refractivity contribution in [3.05, 3.63) is 29.3 Å². The fourth-order valence-corrected chi connectivity index (χ4v) is 1.84. The highest BCUT2D eigenvalue weighted by Crippen LogP contribution is 2.23. The summed E-state index contributed by atoms with van der Waals surface area (Å²) in [6.07, 6.45) is 0. The van der Waals surface area contributed by atoms with E-state index in [0.29, 0.717) is 6.61 Å². The van der Waals surface area contributed by atoms with Gasteiger partial charge >= 0.3 is 0 Å². The number of nitrogens with zero attached hydrogens (tertiary/aromatic N) is 2. The number of amidine groups is 1. The predicted octanol–water partition coefficient (Wildman–Crippen LogP) is 1.70. The van der Waals surface area contributed by atoms with Crippen molar-refractivity contribution >= 4 is 5.84 Å². The maximum atomic E-state index is 5.68. The van der Waals surface area contributed by atoms with Crippen LogP contribution >= 0.6 is 0 Å². The highest BCUT2D eigenvalue weighted by atomic mass is 16.5.